The molecule has 5 heteroatoms. The topological polar surface area (TPSA) is 38.3 Å². The SMILES string of the molecule is CC(C)(C(=O)NCC1(c2cccc(F)c2)CCOCC1)c1ccc(F)cc1. The molecule has 1 amide bonds. The van der Waals surface area contributed by atoms with Crippen molar-refractivity contribution in [3.8, 4) is 0 Å². The quantitative estimate of drug-likeness (QED) is 0.857. The molecule has 1 saturated heterocycles. The van der Waals surface area contributed by atoms with E-state index in [1.165, 1.54) is 18.2 Å². The summed E-state index contributed by atoms with van der Waals surface area (Å²) in [5.74, 6) is -0.755. The summed E-state index contributed by atoms with van der Waals surface area (Å²) in [6.07, 6.45) is 1.43. The van der Waals surface area contributed by atoms with Crippen LogP contribution in [0, 0.1) is 11.6 Å². The molecular formula is C22H25F2NO2. The summed E-state index contributed by atoms with van der Waals surface area (Å²) in [6.45, 7) is 5.19. The predicted octanol–water partition coefficient (Wildman–Crippen LogP) is 4.11. The molecule has 144 valence electrons. The van der Waals surface area contributed by atoms with Crippen molar-refractivity contribution in [2.75, 3.05) is 19.8 Å². The lowest BCUT2D eigenvalue weighted by molar-refractivity contribution is -0.126. The third kappa shape index (κ3) is 4.19. The van der Waals surface area contributed by atoms with E-state index < -0.39 is 5.41 Å². The molecule has 1 N–H and O–H groups in total. The molecule has 1 fully saturated rings. The summed E-state index contributed by atoms with van der Waals surface area (Å²) in [5, 5.41) is 3.05. The maximum atomic E-state index is 13.8. The number of carbonyl (C=O) groups excluding carboxylic acids is 1. The second-order valence-electron chi connectivity index (χ2n) is 7.72. The number of nitrogens with one attached hydrogen (secondary N) is 1. The minimum absolute atomic E-state index is 0.142. The van der Waals surface area contributed by atoms with Crippen LogP contribution in [0.15, 0.2) is 48.5 Å². The molecule has 0 aliphatic carbocycles. The monoisotopic (exact) mass is 373 g/mol. The summed E-state index contributed by atoms with van der Waals surface area (Å²) >= 11 is 0. The first-order chi connectivity index (χ1) is 12.8. The lowest BCUT2D eigenvalue weighted by Gasteiger charge is -2.39. The number of amides is 1. The molecule has 0 aromatic heterocycles. The van der Waals surface area contributed by atoms with Crippen molar-refractivity contribution in [1.82, 2.24) is 5.32 Å². The van der Waals surface area contributed by atoms with Crippen LogP contribution in [0.3, 0.4) is 0 Å². The van der Waals surface area contributed by atoms with Gasteiger partial charge in [0.2, 0.25) is 5.91 Å². The largest absolute Gasteiger partial charge is 0.381 e. The molecule has 1 heterocycles. The molecule has 0 radical (unpaired) electrons. The summed E-state index contributed by atoms with van der Waals surface area (Å²) in [7, 11) is 0. The van der Waals surface area contributed by atoms with Gasteiger partial charge in [-0.3, -0.25) is 4.79 Å². The van der Waals surface area contributed by atoms with Crippen molar-refractivity contribution in [3.05, 3.63) is 71.3 Å². The first-order valence-corrected chi connectivity index (χ1v) is 9.22. The molecule has 0 unspecified atom stereocenters. The summed E-state index contributed by atoms with van der Waals surface area (Å²) in [5.41, 5.74) is 0.468. The molecule has 3 rings (SSSR count). The summed E-state index contributed by atoms with van der Waals surface area (Å²) in [6, 6.07) is 12.6. The van der Waals surface area contributed by atoms with Crippen molar-refractivity contribution in [2.24, 2.45) is 0 Å². The average Bonchev–Trinajstić information content (AvgIpc) is 2.67. The van der Waals surface area contributed by atoms with E-state index in [1.54, 1.807) is 24.3 Å². The van der Waals surface area contributed by atoms with Crippen LogP contribution in [0.2, 0.25) is 0 Å². The number of hydrogen-bond donors (Lipinski definition) is 1. The van der Waals surface area contributed by atoms with Crippen molar-refractivity contribution in [3.63, 3.8) is 0 Å². The van der Waals surface area contributed by atoms with Crippen molar-refractivity contribution < 1.29 is 18.3 Å². The zero-order valence-electron chi connectivity index (χ0n) is 15.7. The van der Waals surface area contributed by atoms with Crippen LogP contribution >= 0.6 is 0 Å². The maximum absolute atomic E-state index is 13.8. The lowest BCUT2D eigenvalue weighted by atomic mass is 9.73. The second-order valence-corrected chi connectivity index (χ2v) is 7.72. The van der Waals surface area contributed by atoms with E-state index in [1.807, 2.05) is 19.9 Å². The molecule has 3 nitrogen and oxygen atoms in total. The van der Waals surface area contributed by atoms with Crippen LogP contribution in [0.1, 0.15) is 37.8 Å². The Morgan fingerprint density at radius 1 is 1.07 bits per heavy atom. The van der Waals surface area contributed by atoms with Gasteiger partial charge in [-0.15, -0.1) is 0 Å². The number of carbonyl (C=O) groups is 1. The fraction of sp³-hybridized carbons (Fsp3) is 0.409. The number of halogens is 2. The fourth-order valence-electron chi connectivity index (χ4n) is 3.62. The smallest absolute Gasteiger partial charge is 0.230 e. The van der Waals surface area contributed by atoms with Gasteiger partial charge < -0.3 is 10.1 Å². The first kappa shape index (κ1) is 19.5. The molecule has 1 aliphatic heterocycles. The second kappa shape index (κ2) is 7.77. The third-order valence-electron chi connectivity index (χ3n) is 5.61. The zero-order valence-corrected chi connectivity index (χ0v) is 15.7. The number of hydrogen-bond acceptors (Lipinski definition) is 2. The van der Waals surface area contributed by atoms with Gasteiger partial charge in [0.15, 0.2) is 0 Å². The molecule has 0 atom stereocenters. The number of benzene rings is 2. The highest BCUT2D eigenvalue weighted by Gasteiger charge is 2.37. The lowest BCUT2D eigenvalue weighted by Crippen LogP contribution is -2.49. The van der Waals surface area contributed by atoms with Gasteiger partial charge >= 0.3 is 0 Å². The van der Waals surface area contributed by atoms with Crippen molar-refractivity contribution in [2.45, 2.75) is 37.5 Å². The Morgan fingerprint density at radius 2 is 1.74 bits per heavy atom. The summed E-state index contributed by atoms with van der Waals surface area (Å²) in [4.78, 5) is 12.9. The van der Waals surface area contributed by atoms with Crippen LogP contribution in [0.25, 0.3) is 0 Å². The Labute approximate surface area is 158 Å². The minimum Gasteiger partial charge on any atom is -0.381 e. The van der Waals surface area contributed by atoms with E-state index in [-0.39, 0.29) is 23.0 Å². The molecule has 2 aromatic carbocycles. The van der Waals surface area contributed by atoms with Gasteiger partial charge in [0.25, 0.3) is 0 Å². The standard InChI is InChI=1S/C22H25F2NO2/c1-21(2,16-6-8-18(23)9-7-16)20(26)25-15-22(10-12-27-13-11-22)17-4-3-5-19(24)14-17/h3-9,14H,10-13,15H2,1-2H3,(H,25,26). The van der Waals surface area contributed by atoms with Gasteiger partial charge in [-0.05, 0) is 62.1 Å². The normalized spacial score (nSPS) is 16.7. The predicted molar refractivity (Wildman–Crippen MR) is 101 cm³/mol. The Bertz CT molecular complexity index is 796. The van der Waals surface area contributed by atoms with Crippen molar-refractivity contribution >= 4 is 5.91 Å². The van der Waals surface area contributed by atoms with Gasteiger partial charge in [0.05, 0.1) is 5.41 Å². The van der Waals surface area contributed by atoms with E-state index >= 15 is 0 Å². The van der Waals surface area contributed by atoms with Gasteiger partial charge in [-0.1, -0.05) is 24.3 Å². The number of ether oxygens (including phenoxy) is 1. The van der Waals surface area contributed by atoms with E-state index in [4.69, 9.17) is 4.74 Å². The Hall–Kier alpha value is -2.27. The van der Waals surface area contributed by atoms with E-state index in [2.05, 4.69) is 5.32 Å². The van der Waals surface area contributed by atoms with Crippen LogP contribution in [-0.2, 0) is 20.4 Å². The van der Waals surface area contributed by atoms with Gasteiger partial charge in [-0.25, -0.2) is 8.78 Å². The summed E-state index contributed by atoms with van der Waals surface area (Å²) < 4.78 is 32.5. The highest BCUT2D eigenvalue weighted by Crippen LogP contribution is 2.35. The molecular weight excluding hydrogens is 348 g/mol. The molecule has 2 aromatic rings. The zero-order chi connectivity index (χ0) is 19.5. The molecule has 0 spiro atoms. The van der Waals surface area contributed by atoms with Crippen LogP contribution in [-0.4, -0.2) is 25.7 Å². The van der Waals surface area contributed by atoms with Crippen molar-refractivity contribution in [1.29, 1.82) is 0 Å². The highest BCUT2D eigenvalue weighted by atomic mass is 19.1. The molecule has 27 heavy (non-hydrogen) atoms. The Kier molecular flexibility index (Phi) is 5.61. The van der Waals surface area contributed by atoms with E-state index in [0.717, 1.165) is 11.1 Å². The first-order valence-electron chi connectivity index (χ1n) is 9.22. The fourth-order valence-corrected chi connectivity index (χ4v) is 3.62. The third-order valence-corrected chi connectivity index (χ3v) is 5.61. The van der Waals surface area contributed by atoms with E-state index in [0.29, 0.717) is 32.6 Å². The minimum atomic E-state index is -0.804. The average molecular weight is 373 g/mol. The maximum Gasteiger partial charge on any atom is 0.230 e. The molecule has 1 aliphatic rings. The van der Waals surface area contributed by atoms with Gasteiger partial charge in [0, 0.05) is 25.2 Å². The molecule has 0 bridgehead atoms. The van der Waals surface area contributed by atoms with Crippen LogP contribution in [0.5, 0.6) is 0 Å². The Balaban J connectivity index is 1.79. The number of rotatable bonds is 5. The van der Waals surface area contributed by atoms with Crippen LogP contribution < -0.4 is 5.32 Å². The van der Waals surface area contributed by atoms with Gasteiger partial charge in [0.1, 0.15) is 11.6 Å². The molecule has 0 saturated carbocycles. The highest BCUT2D eigenvalue weighted by molar-refractivity contribution is 5.87. The van der Waals surface area contributed by atoms with E-state index in [9.17, 15) is 13.6 Å². The van der Waals surface area contributed by atoms with Crippen LogP contribution in [0.4, 0.5) is 8.78 Å². The Morgan fingerprint density at radius 3 is 2.37 bits per heavy atom. The van der Waals surface area contributed by atoms with Gasteiger partial charge in [-0.2, -0.15) is 0 Å².